The Morgan fingerprint density at radius 1 is 1.47 bits per heavy atom. The van der Waals surface area contributed by atoms with Crippen LogP contribution >= 0.6 is 0 Å². The molecule has 1 aliphatic rings. The van der Waals surface area contributed by atoms with Gasteiger partial charge in [-0.25, -0.2) is 0 Å². The maximum absolute atomic E-state index is 10.9. The lowest BCUT2D eigenvalue weighted by atomic mass is 9.92. The van der Waals surface area contributed by atoms with Gasteiger partial charge in [0.25, 0.3) is 0 Å². The zero-order chi connectivity index (χ0) is 13.8. The van der Waals surface area contributed by atoms with Gasteiger partial charge in [0.15, 0.2) is 0 Å². The molecular weight excluding hydrogens is 240 g/mol. The first kappa shape index (κ1) is 13.9. The minimum atomic E-state index is -0.265. The third-order valence-electron chi connectivity index (χ3n) is 3.57. The number of carbonyl (C=O) groups excluding carboxylic acids is 1. The molecule has 0 aliphatic carbocycles. The number of nitrogens with two attached hydrogens (primary N) is 2. The average molecular weight is 262 g/mol. The number of hydrogen-bond acceptors (Lipinski definition) is 3. The van der Waals surface area contributed by atoms with E-state index in [2.05, 4.69) is 6.07 Å². The zero-order valence-corrected chi connectivity index (χ0v) is 11.4. The van der Waals surface area contributed by atoms with Gasteiger partial charge in [0.05, 0.1) is 6.61 Å². The van der Waals surface area contributed by atoms with Crippen molar-refractivity contribution in [1.29, 1.82) is 0 Å². The van der Waals surface area contributed by atoms with Crippen molar-refractivity contribution >= 4 is 5.91 Å². The summed E-state index contributed by atoms with van der Waals surface area (Å²) in [6.07, 6.45) is 3.26. The first-order valence-electron chi connectivity index (χ1n) is 6.85. The number of hydrogen-bond donors (Lipinski definition) is 2. The number of fused-ring (bicyclic) bond motifs is 1. The minimum absolute atomic E-state index is 0.0541. The summed E-state index contributed by atoms with van der Waals surface area (Å²) in [5, 5.41) is 0. The number of rotatable bonds is 5. The fourth-order valence-corrected chi connectivity index (χ4v) is 2.61. The SMILES string of the molecule is CC(CC(N)=O)CC(N)c1ccc2c(c1)CCCO2. The normalized spacial score (nSPS) is 17.2. The van der Waals surface area contributed by atoms with Crippen LogP contribution in [0.5, 0.6) is 5.75 Å². The van der Waals surface area contributed by atoms with E-state index in [1.54, 1.807) is 0 Å². The third-order valence-corrected chi connectivity index (χ3v) is 3.57. The molecule has 1 aromatic carbocycles. The molecule has 0 fully saturated rings. The highest BCUT2D eigenvalue weighted by Crippen LogP contribution is 2.29. The van der Waals surface area contributed by atoms with Gasteiger partial charge in [-0.1, -0.05) is 19.1 Å². The molecule has 1 aromatic rings. The van der Waals surface area contributed by atoms with Crippen molar-refractivity contribution in [3.63, 3.8) is 0 Å². The van der Waals surface area contributed by atoms with Crippen LogP contribution in [0.4, 0.5) is 0 Å². The van der Waals surface area contributed by atoms with Crippen LogP contribution in [0.25, 0.3) is 0 Å². The van der Waals surface area contributed by atoms with Gasteiger partial charge in [0.2, 0.25) is 5.91 Å². The maximum atomic E-state index is 10.9. The van der Waals surface area contributed by atoms with E-state index >= 15 is 0 Å². The number of benzene rings is 1. The van der Waals surface area contributed by atoms with Crippen LogP contribution in [-0.2, 0) is 11.2 Å². The molecule has 2 unspecified atom stereocenters. The number of primary amides is 1. The molecule has 104 valence electrons. The Labute approximate surface area is 114 Å². The van der Waals surface area contributed by atoms with Gasteiger partial charge in [0.1, 0.15) is 5.75 Å². The summed E-state index contributed by atoms with van der Waals surface area (Å²) >= 11 is 0. The van der Waals surface area contributed by atoms with E-state index < -0.39 is 0 Å². The smallest absolute Gasteiger partial charge is 0.217 e. The van der Waals surface area contributed by atoms with E-state index in [1.807, 2.05) is 19.1 Å². The van der Waals surface area contributed by atoms with Crippen molar-refractivity contribution in [2.45, 2.75) is 38.6 Å². The van der Waals surface area contributed by atoms with Crippen LogP contribution in [0.15, 0.2) is 18.2 Å². The number of aryl methyl sites for hydroxylation is 1. The first-order chi connectivity index (χ1) is 9.06. The number of ether oxygens (including phenoxy) is 1. The molecule has 1 aliphatic heterocycles. The lowest BCUT2D eigenvalue weighted by Crippen LogP contribution is -2.20. The largest absolute Gasteiger partial charge is 0.493 e. The predicted octanol–water partition coefficient (Wildman–Crippen LogP) is 1.91. The molecule has 0 saturated carbocycles. The van der Waals surface area contributed by atoms with E-state index in [0.717, 1.165) is 37.2 Å². The molecule has 0 spiro atoms. The molecule has 4 N–H and O–H groups in total. The van der Waals surface area contributed by atoms with Crippen LogP contribution in [0, 0.1) is 5.92 Å². The van der Waals surface area contributed by atoms with Crippen molar-refractivity contribution in [2.75, 3.05) is 6.61 Å². The molecule has 0 aromatic heterocycles. The van der Waals surface area contributed by atoms with Crippen molar-refractivity contribution in [3.8, 4) is 5.75 Å². The lowest BCUT2D eigenvalue weighted by Gasteiger charge is -2.21. The summed E-state index contributed by atoms with van der Waals surface area (Å²) in [5.74, 6) is 0.922. The monoisotopic (exact) mass is 262 g/mol. The van der Waals surface area contributed by atoms with Crippen LogP contribution < -0.4 is 16.2 Å². The predicted molar refractivity (Wildman–Crippen MR) is 74.8 cm³/mol. The van der Waals surface area contributed by atoms with E-state index in [0.29, 0.717) is 6.42 Å². The van der Waals surface area contributed by atoms with Crippen molar-refractivity contribution in [1.82, 2.24) is 0 Å². The molecule has 1 heterocycles. The van der Waals surface area contributed by atoms with Gasteiger partial charge in [-0.2, -0.15) is 0 Å². The van der Waals surface area contributed by atoms with Gasteiger partial charge in [-0.15, -0.1) is 0 Å². The summed E-state index contributed by atoms with van der Waals surface area (Å²) in [6.45, 7) is 2.81. The van der Waals surface area contributed by atoms with Gasteiger partial charge in [-0.3, -0.25) is 4.79 Å². The van der Waals surface area contributed by atoms with E-state index in [4.69, 9.17) is 16.2 Å². The van der Waals surface area contributed by atoms with Crippen molar-refractivity contribution < 1.29 is 9.53 Å². The Balaban J connectivity index is 2.02. The molecule has 0 bridgehead atoms. The van der Waals surface area contributed by atoms with Crippen molar-refractivity contribution in [3.05, 3.63) is 29.3 Å². The highest BCUT2D eigenvalue weighted by atomic mass is 16.5. The topological polar surface area (TPSA) is 78.3 Å². The fourth-order valence-electron chi connectivity index (χ4n) is 2.61. The Morgan fingerprint density at radius 3 is 3.00 bits per heavy atom. The Hall–Kier alpha value is -1.55. The molecule has 0 radical (unpaired) electrons. The maximum Gasteiger partial charge on any atom is 0.217 e. The third kappa shape index (κ3) is 3.70. The number of carbonyl (C=O) groups is 1. The zero-order valence-electron chi connectivity index (χ0n) is 11.4. The van der Waals surface area contributed by atoms with E-state index in [1.165, 1.54) is 5.56 Å². The fraction of sp³-hybridized carbons (Fsp3) is 0.533. The van der Waals surface area contributed by atoms with Crippen LogP contribution in [0.3, 0.4) is 0 Å². The van der Waals surface area contributed by atoms with Crippen LogP contribution in [-0.4, -0.2) is 12.5 Å². The summed E-state index contributed by atoms with van der Waals surface area (Å²) in [6, 6.07) is 6.10. The van der Waals surface area contributed by atoms with Gasteiger partial charge >= 0.3 is 0 Å². The summed E-state index contributed by atoms with van der Waals surface area (Å²) in [5.41, 5.74) is 13.8. The van der Waals surface area contributed by atoms with Gasteiger partial charge in [0, 0.05) is 12.5 Å². The highest BCUT2D eigenvalue weighted by molar-refractivity contribution is 5.73. The van der Waals surface area contributed by atoms with Crippen LogP contribution in [0.1, 0.15) is 43.4 Å². The standard InChI is InChI=1S/C15H22N2O2/c1-10(8-15(17)18)7-13(16)11-4-5-14-12(9-11)3-2-6-19-14/h4-5,9-10,13H,2-3,6-8,16H2,1H3,(H2,17,18). The van der Waals surface area contributed by atoms with Gasteiger partial charge in [-0.05, 0) is 42.4 Å². The number of amides is 1. The van der Waals surface area contributed by atoms with E-state index in [-0.39, 0.29) is 17.9 Å². The molecule has 2 rings (SSSR count). The Kier molecular flexibility index (Phi) is 4.43. The highest BCUT2D eigenvalue weighted by Gasteiger charge is 2.16. The van der Waals surface area contributed by atoms with E-state index in [9.17, 15) is 4.79 Å². The first-order valence-corrected chi connectivity index (χ1v) is 6.85. The summed E-state index contributed by atoms with van der Waals surface area (Å²) < 4.78 is 5.59. The second kappa shape index (κ2) is 6.06. The molecular formula is C15H22N2O2. The molecule has 19 heavy (non-hydrogen) atoms. The quantitative estimate of drug-likeness (QED) is 0.850. The Morgan fingerprint density at radius 2 is 2.26 bits per heavy atom. The second-order valence-electron chi connectivity index (χ2n) is 5.44. The average Bonchev–Trinajstić information content (AvgIpc) is 2.37. The van der Waals surface area contributed by atoms with Crippen LogP contribution in [0.2, 0.25) is 0 Å². The molecule has 1 amide bonds. The summed E-state index contributed by atoms with van der Waals surface area (Å²) in [7, 11) is 0. The second-order valence-corrected chi connectivity index (χ2v) is 5.44. The lowest BCUT2D eigenvalue weighted by molar-refractivity contribution is -0.118. The van der Waals surface area contributed by atoms with Gasteiger partial charge < -0.3 is 16.2 Å². The Bertz CT molecular complexity index is 459. The summed E-state index contributed by atoms with van der Waals surface area (Å²) in [4.78, 5) is 10.9. The molecule has 4 heteroatoms. The molecule has 2 atom stereocenters. The van der Waals surface area contributed by atoms with Crippen molar-refractivity contribution in [2.24, 2.45) is 17.4 Å². The molecule has 0 saturated heterocycles. The minimum Gasteiger partial charge on any atom is -0.493 e. The molecule has 4 nitrogen and oxygen atoms in total.